The second-order valence-electron chi connectivity index (χ2n) is 4.35. The molecule has 0 spiro atoms. The smallest absolute Gasteiger partial charge is 0.328 e. The number of hydrogen-bond acceptors (Lipinski definition) is 2. The Morgan fingerprint density at radius 3 is 2.71 bits per heavy atom. The molecule has 1 aliphatic rings. The zero-order valence-corrected chi connectivity index (χ0v) is 9.63. The number of ketones is 1. The highest BCUT2D eigenvalue weighted by Crippen LogP contribution is 2.32. The summed E-state index contributed by atoms with van der Waals surface area (Å²) in [6.07, 6.45) is 1.61. The van der Waals surface area contributed by atoms with Crippen molar-refractivity contribution >= 4 is 11.7 Å². The first-order chi connectivity index (χ1) is 7.74. The van der Waals surface area contributed by atoms with E-state index in [0.717, 1.165) is 0 Å². The van der Waals surface area contributed by atoms with Gasteiger partial charge in [-0.25, -0.2) is 0 Å². The fraction of sp³-hybridized carbons (Fsp3) is 0.500. The largest absolute Gasteiger partial charge is 0.364 e. The number of carbonyl (C=O) groups excluding carboxylic acids is 2. The molecule has 1 atom stereocenters. The average molecular weight is 243 g/mol. The standard InChI is InChI=1S/C12H15F2NO2/c1-7-3-4-9(5-10(7)16)8(2)6-12(13,14)11(15)17/h3,9H,2,4-6H2,1H3,(H2,15,17)/t9-/m0/s1. The van der Waals surface area contributed by atoms with Gasteiger partial charge in [-0.3, -0.25) is 9.59 Å². The van der Waals surface area contributed by atoms with Gasteiger partial charge in [0.2, 0.25) is 0 Å². The molecule has 2 N–H and O–H groups in total. The molecule has 0 aliphatic heterocycles. The van der Waals surface area contributed by atoms with Gasteiger partial charge in [0, 0.05) is 12.8 Å². The van der Waals surface area contributed by atoms with E-state index in [-0.39, 0.29) is 23.7 Å². The molecule has 3 nitrogen and oxygen atoms in total. The number of amides is 1. The molecule has 0 saturated heterocycles. The second-order valence-corrected chi connectivity index (χ2v) is 4.35. The zero-order chi connectivity index (χ0) is 13.2. The predicted octanol–water partition coefficient (Wildman–Crippen LogP) is 1.98. The lowest BCUT2D eigenvalue weighted by Gasteiger charge is -2.23. The van der Waals surface area contributed by atoms with E-state index in [1.165, 1.54) is 0 Å². The number of rotatable bonds is 4. The number of halogens is 2. The van der Waals surface area contributed by atoms with Crippen LogP contribution in [0.1, 0.15) is 26.2 Å². The number of allylic oxidation sites excluding steroid dienone is 3. The average Bonchev–Trinajstić information content (AvgIpc) is 2.21. The normalized spacial score (nSPS) is 21.0. The van der Waals surface area contributed by atoms with Crippen LogP contribution in [0.25, 0.3) is 0 Å². The lowest BCUT2D eigenvalue weighted by atomic mass is 9.82. The number of Topliss-reactive ketones (excluding diaryl/α,β-unsaturated/α-hetero) is 1. The summed E-state index contributed by atoms with van der Waals surface area (Å²) in [6, 6.07) is 0. The number of alkyl halides is 2. The van der Waals surface area contributed by atoms with Crippen molar-refractivity contribution < 1.29 is 18.4 Å². The molecule has 0 unspecified atom stereocenters. The summed E-state index contributed by atoms with van der Waals surface area (Å²) < 4.78 is 26.2. The van der Waals surface area contributed by atoms with Gasteiger partial charge in [0.05, 0.1) is 0 Å². The van der Waals surface area contributed by atoms with Crippen molar-refractivity contribution in [2.75, 3.05) is 0 Å². The van der Waals surface area contributed by atoms with E-state index in [1.54, 1.807) is 13.0 Å². The summed E-state index contributed by atoms with van der Waals surface area (Å²) >= 11 is 0. The Bertz CT molecular complexity index is 399. The van der Waals surface area contributed by atoms with Crippen LogP contribution in [0.15, 0.2) is 23.8 Å². The van der Waals surface area contributed by atoms with E-state index in [4.69, 9.17) is 0 Å². The Morgan fingerprint density at radius 2 is 2.24 bits per heavy atom. The third kappa shape index (κ3) is 3.22. The summed E-state index contributed by atoms with van der Waals surface area (Å²) in [5.41, 5.74) is 5.44. The molecule has 94 valence electrons. The van der Waals surface area contributed by atoms with E-state index >= 15 is 0 Å². The summed E-state index contributed by atoms with van der Waals surface area (Å²) in [4.78, 5) is 21.9. The van der Waals surface area contributed by atoms with Gasteiger partial charge in [0.1, 0.15) is 0 Å². The lowest BCUT2D eigenvalue weighted by Crippen LogP contribution is -2.36. The Hall–Kier alpha value is -1.52. The molecule has 0 fully saturated rings. The van der Waals surface area contributed by atoms with Crippen molar-refractivity contribution in [2.45, 2.75) is 32.1 Å². The maximum Gasteiger partial charge on any atom is 0.328 e. The van der Waals surface area contributed by atoms with Gasteiger partial charge in [0.25, 0.3) is 5.91 Å². The van der Waals surface area contributed by atoms with Crippen molar-refractivity contribution in [1.82, 2.24) is 0 Å². The summed E-state index contributed by atoms with van der Waals surface area (Å²) in [5, 5.41) is 0. The van der Waals surface area contributed by atoms with Crippen LogP contribution in [-0.2, 0) is 9.59 Å². The van der Waals surface area contributed by atoms with Crippen molar-refractivity contribution in [3.8, 4) is 0 Å². The predicted molar refractivity (Wildman–Crippen MR) is 59.4 cm³/mol. The molecule has 1 rings (SSSR count). The molecular weight excluding hydrogens is 228 g/mol. The molecule has 0 heterocycles. The molecule has 1 amide bonds. The van der Waals surface area contributed by atoms with Crippen molar-refractivity contribution in [3.63, 3.8) is 0 Å². The van der Waals surface area contributed by atoms with Crippen LogP contribution in [0, 0.1) is 5.92 Å². The third-order valence-corrected chi connectivity index (χ3v) is 2.97. The van der Waals surface area contributed by atoms with E-state index in [1.807, 2.05) is 0 Å². The van der Waals surface area contributed by atoms with Crippen LogP contribution < -0.4 is 5.73 Å². The van der Waals surface area contributed by atoms with Crippen LogP contribution >= 0.6 is 0 Å². The Labute approximate surface area is 98.4 Å². The van der Waals surface area contributed by atoms with Crippen LogP contribution in [0.5, 0.6) is 0 Å². The molecule has 0 saturated carbocycles. The zero-order valence-electron chi connectivity index (χ0n) is 9.63. The second kappa shape index (κ2) is 4.77. The fourth-order valence-corrected chi connectivity index (χ4v) is 1.73. The van der Waals surface area contributed by atoms with Crippen molar-refractivity contribution in [1.29, 1.82) is 0 Å². The molecule has 5 heteroatoms. The minimum atomic E-state index is -3.59. The van der Waals surface area contributed by atoms with E-state index in [2.05, 4.69) is 12.3 Å². The highest BCUT2D eigenvalue weighted by molar-refractivity contribution is 5.95. The van der Waals surface area contributed by atoms with Crippen LogP contribution in [0.2, 0.25) is 0 Å². The fourth-order valence-electron chi connectivity index (χ4n) is 1.73. The van der Waals surface area contributed by atoms with Gasteiger partial charge in [-0.1, -0.05) is 18.2 Å². The van der Waals surface area contributed by atoms with Gasteiger partial charge in [-0.15, -0.1) is 0 Å². The number of carbonyl (C=O) groups is 2. The first-order valence-electron chi connectivity index (χ1n) is 5.29. The third-order valence-electron chi connectivity index (χ3n) is 2.97. The van der Waals surface area contributed by atoms with Gasteiger partial charge in [0.15, 0.2) is 5.78 Å². The first kappa shape index (κ1) is 13.5. The topological polar surface area (TPSA) is 60.2 Å². The summed E-state index contributed by atoms with van der Waals surface area (Å²) in [5.74, 6) is -5.63. The summed E-state index contributed by atoms with van der Waals surface area (Å²) in [7, 11) is 0. The molecule has 0 bridgehead atoms. The highest BCUT2D eigenvalue weighted by Gasteiger charge is 2.38. The van der Waals surface area contributed by atoms with E-state index in [0.29, 0.717) is 12.0 Å². The molecule has 0 aromatic carbocycles. The Balaban J connectivity index is 2.68. The van der Waals surface area contributed by atoms with Crippen molar-refractivity contribution in [3.05, 3.63) is 23.8 Å². The van der Waals surface area contributed by atoms with Gasteiger partial charge >= 0.3 is 5.92 Å². The summed E-state index contributed by atoms with van der Waals surface area (Å²) in [6.45, 7) is 5.23. The quantitative estimate of drug-likeness (QED) is 0.767. The number of hydrogen-bond donors (Lipinski definition) is 1. The minimum absolute atomic E-state index is 0.0650. The van der Waals surface area contributed by atoms with E-state index in [9.17, 15) is 18.4 Å². The maximum absolute atomic E-state index is 13.1. The maximum atomic E-state index is 13.1. The van der Waals surface area contributed by atoms with Crippen LogP contribution in [-0.4, -0.2) is 17.6 Å². The number of primary amides is 1. The Kier molecular flexibility index (Phi) is 3.80. The SMILES string of the molecule is C=C(CC(F)(F)C(N)=O)[C@H]1CC=C(C)C(=O)C1. The minimum Gasteiger partial charge on any atom is -0.364 e. The van der Waals surface area contributed by atoms with Crippen molar-refractivity contribution in [2.24, 2.45) is 11.7 Å². The van der Waals surface area contributed by atoms with Gasteiger partial charge in [-0.05, 0) is 24.8 Å². The molecule has 0 aromatic heterocycles. The lowest BCUT2D eigenvalue weighted by molar-refractivity contribution is -0.141. The molecule has 0 aromatic rings. The van der Waals surface area contributed by atoms with Gasteiger partial charge in [-0.2, -0.15) is 8.78 Å². The molecule has 0 radical (unpaired) electrons. The van der Waals surface area contributed by atoms with Gasteiger partial charge < -0.3 is 5.73 Å². The first-order valence-corrected chi connectivity index (χ1v) is 5.29. The van der Waals surface area contributed by atoms with Crippen LogP contribution in [0.4, 0.5) is 8.78 Å². The number of nitrogens with two attached hydrogens (primary N) is 1. The monoisotopic (exact) mass is 243 g/mol. The molecule has 1 aliphatic carbocycles. The Morgan fingerprint density at radius 1 is 1.65 bits per heavy atom. The molecule has 17 heavy (non-hydrogen) atoms. The molecular formula is C12H15F2NO2. The van der Waals surface area contributed by atoms with Crippen LogP contribution in [0.3, 0.4) is 0 Å². The van der Waals surface area contributed by atoms with E-state index < -0.39 is 18.3 Å². The highest BCUT2D eigenvalue weighted by atomic mass is 19.3.